The second-order valence-corrected chi connectivity index (χ2v) is 7.62. The Hall–Kier alpha value is -1.13. The first kappa shape index (κ1) is 13.8. The molecular formula is C16H23N3S. The lowest BCUT2D eigenvalue weighted by Crippen LogP contribution is -2.39. The van der Waals surface area contributed by atoms with Crippen LogP contribution in [0.15, 0.2) is 23.7 Å². The maximum atomic E-state index is 4.35. The highest BCUT2D eigenvalue weighted by Crippen LogP contribution is 2.28. The highest BCUT2D eigenvalue weighted by atomic mass is 32.1. The zero-order chi connectivity index (χ0) is 14.2. The Kier molecular flexibility index (Phi) is 3.69. The summed E-state index contributed by atoms with van der Waals surface area (Å²) in [6.07, 6.45) is 1.28. The normalized spacial score (nSPS) is 19.9. The Morgan fingerprint density at radius 3 is 3.05 bits per heavy atom. The van der Waals surface area contributed by atoms with Crippen molar-refractivity contribution in [2.45, 2.75) is 32.7 Å². The van der Waals surface area contributed by atoms with Crippen molar-refractivity contribution in [3.05, 3.63) is 23.7 Å². The second-order valence-electron chi connectivity index (χ2n) is 6.74. The molecule has 0 bridgehead atoms. The number of benzene rings is 1. The maximum Gasteiger partial charge on any atom is 0.0813 e. The number of anilines is 1. The van der Waals surface area contributed by atoms with Crippen LogP contribution in [0.5, 0.6) is 0 Å². The van der Waals surface area contributed by atoms with E-state index >= 15 is 0 Å². The number of nitrogens with one attached hydrogen (secondary N) is 1. The highest BCUT2D eigenvalue weighted by molar-refractivity contribution is 7.16. The molecule has 1 aromatic heterocycles. The van der Waals surface area contributed by atoms with E-state index in [1.165, 1.54) is 23.4 Å². The van der Waals surface area contributed by atoms with Crippen LogP contribution < -0.4 is 10.2 Å². The molecule has 1 N–H and O–H groups in total. The van der Waals surface area contributed by atoms with Crippen LogP contribution in [-0.4, -0.2) is 30.2 Å². The first-order valence-electron chi connectivity index (χ1n) is 7.34. The zero-order valence-corrected chi connectivity index (χ0v) is 13.3. The summed E-state index contributed by atoms with van der Waals surface area (Å²) in [5.41, 5.74) is 4.60. The minimum Gasteiger partial charge on any atom is -0.371 e. The summed E-state index contributed by atoms with van der Waals surface area (Å²) >= 11 is 1.72. The van der Waals surface area contributed by atoms with E-state index in [-0.39, 0.29) is 5.54 Å². The molecule has 1 aliphatic heterocycles. The van der Waals surface area contributed by atoms with Crippen LogP contribution in [-0.2, 0) is 0 Å². The molecule has 1 aromatic carbocycles. The monoisotopic (exact) mass is 289 g/mol. The van der Waals surface area contributed by atoms with Crippen LogP contribution in [0.3, 0.4) is 0 Å². The fraction of sp³-hybridized carbons (Fsp3) is 0.562. The van der Waals surface area contributed by atoms with Crippen molar-refractivity contribution < 1.29 is 0 Å². The maximum absolute atomic E-state index is 4.35. The van der Waals surface area contributed by atoms with Crippen molar-refractivity contribution in [1.82, 2.24) is 10.3 Å². The average Bonchev–Trinajstić information content (AvgIpc) is 3.03. The molecule has 0 radical (unpaired) electrons. The number of thiazole rings is 1. The van der Waals surface area contributed by atoms with E-state index < -0.39 is 0 Å². The molecule has 3 nitrogen and oxygen atoms in total. The van der Waals surface area contributed by atoms with Gasteiger partial charge < -0.3 is 10.2 Å². The lowest BCUT2D eigenvalue weighted by atomic mass is 10.1. The first-order valence-corrected chi connectivity index (χ1v) is 8.22. The second kappa shape index (κ2) is 5.34. The summed E-state index contributed by atoms with van der Waals surface area (Å²) in [4.78, 5) is 6.86. The fourth-order valence-electron chi connectivity index (χ4n) is 2.72. The largest absolute Gasteiger partial charge is 0.371 e. The number of hydrogen-bond acceptors (Lipinski definition) is 4. The highest BCUT2D eigenvalue weighted by Gasteiger charge is 2.24. The predicted molar refractivity (Wildman–Crippen MR) is 87.7 cm³/mol. The van der Waals surface area contributed by atoms with E-state index in [2.05, 4.69) is 54.2 Å². The summed E-state index contributed by atoms with van der Waals surface area (Å²) in [6.45, 7) is 10.1. The summed E-state index contributed by atoms with van der Waals surface area (Å²) in [7, 11) is 0. The lowest BCUT2D eigenvalue weighted by molar-refractivity contribution is 0.383. The molecule has 0 saturated carbocycles. The number of aromatic nitrogens is 1. The van der Waals surface area contributed by atoms with Gasteiger partial charge in [0.1, 0.15) is 0 Å². The molecule has 20 heavy (non-hydrogen) atoms. The molecular weight excluding hydrogens is 266 g/mol. The summed E-state index contributed by atoms with van der Waals surface area (Å²) in [5, 5.41) is 3.63. The Balaban J connectivity index is 1.64. The Morgan fingerprint density at radius 1 is 1.40 bits per heavy atom. The third kappa shape index (κ3) is 3.13. The van der Waals surface area contributed by atoms with Crippen molar-refractivity contribution in [3.63, 3.8) is 0 Å². The van der Waals surface area contributed by atoms with Gasteiger partial charge in [-0.15, -0.1) is 11.3 Å². The molecule has 0 amide bonds. The van der Waals surface area contributed by atoms with E-state index in [1.807, 2.05) is 5.51 Å². The number of rotatable bonds is 3. The minimum atomic E-state index is 0.217. The van der Waals surface area contributed by atoms with Crippen molar-refractivity contribution in [3.8, 4) is 0 Å². The summed E-state index contributed by atoms with van der Waals surface area (Å²) in [6, 6.07) is 6.64. The molecule has 1 fully saturated rings. The topological polar surface area (TPSA) is 28.2 Å². The van der Waals surface area contributed by atoms with Crippen LogP contribution in [0, 0.1) is 5.92 Å². The van der Waals surface area contributed by atoms with Gasteiger partial charge in [0.15, 0.2) is 0 Å². The molecule has 0 aliphatic carbocycles. The molecule has 0 spiro atoms. The molecule has 2 heterocycles. The van der Waals surface area contributed by atoms with Crippen LogP contribution in [0.1, 0.15) is 27.2 Å². The van der Waals surface area contributed by atoms with Gasteiger partial charge in [-0.1, -0.05) is 0 Å². The molecule has 108 valence electrons. The van der Waals surface area contributed by atoms with Gasteiger partial charge in [-0.2, -0.15) is 0 Å². The molecule has 2 aromatic rings. The van der Waals surface area contributed by atoms with Crippen molar-refractivity contribution in [1.29, 1.82) is 0 Å². The Labute approximate surface area is 125 Å². The van der Waals surface area contributed by atoms with Crippen molar-refractivity contribution in [2.75, 3.05) is 24.5 Å². The number of nitrogens with zero attached hydrogens (tertiary/aromatic N) is 2. The molecule has 4 heteroatoms. The fourth-order valence-corrected chi connectivity index (χ4v) is 3.43. The van der Waals surface area contributed by atoms with Crippen molar-refractivity contribution >= 4 is 27.2 Å². The Morgan fingerprint density at radius 2 is 2.25 bits per heavy atom. The van der Waals surface area contributed by atoms with Gasteiger partial charge in [-0.3, -0.25) is 0 Å². The van der Waals surface area contributed by atoms with E-state index in [9.17, 15) is 0 Å². The third-order valence-corrected chi connectivity index (χ3v) is 4.68. The minimum absolute atomic E-state index is 0.217. The number of hydrogen-bond donors (Lipinski definition) is 1. The van der Waals surface area contributed by atoms with Gasteiger partial charge in [0.25, 0.3) is 0 Å². The molecule has 1 atom stereocenters. The smallest absolute Gasteiger partial charge is 0.0813 e. The van der Waals surface area contributed by atoms with Crippen LogP contribution in [0.2, 0.25) is 0 Å². The van der Waals surface area contributed by atoms with E-state index in [0.717, 1.165) is 24.5 Å². The van der Waals surface area contributed by atoms with Gasteiger partial charge in [0.05, 0.1) is 15.7 Å². The molecule has 1 saturated heterocycles. The van der Waals surface area contributed by atoms with Crippen LogP contribution in [0.25, 0.3) is 10.2 Å². The van der Waals surface area contributed by atoms with Crippen LogP contribution in [0.4, 0.5) is 5.69 Å². The summed E-state index contributed by atoms with van der Waals surface area (Å²) in [5.74, 6) is 0.756. The first-order chi connectivity index (χ1) is 9.51. The zero-order valence-electron chi connectivity index (χ0n) is 12.5. The van der Waals surface area contributed by atoms with Gasteiger partial charge in [0.2, 0.25) is 0 Å². The Bertz CT molecular complexity index is 585. The average molecular weight is 289 g/mol. The van der Waals surface area contributed by atoms with Gasteiger partial charge in [-0.25, -0.2) is 4.98 Å². The molecule has 1 unspecified atom stereocenters. The number of fused-ring (bicyclic) bond motifs is 1. The van der Waals surface area contributed by atoms with Crippen molar-refractivity contribution in [2.24, 2.45) is 5.92 Å². The summed E-state index contributed by atoms with van der Waals surface area (Å²) < 4.78 is 1.29. The van der Waals surface area contributed by atoms with Gasteiger partial charge in [0, 0.05) is 30.9 Å². The quantitative estimate of drug-likeness (QED) is 0.937. The SMILES string of the molecule is CC(C)(C)NCC1CCN(c2ccc3ncsc3c2)C1. The third-order valence-electron chi connectivity index (χ3n) is 3.89. The van der Waals surface area contributed by atoms with Gasteiger partial charge >= 0.3 is 0 Å². The van der Waals surface area contributed by atoms with E-state index in [0.29, 0.717) is 0 Å². The van der Waals surface area contributed by atoms with E-state index in [1.54, 1.807) is 11.3 Å². The van der Waals surface area contributed by atoms with E-state index in [4.69, 9.17) is 0 Å². The molecule has 1 aliphatic rings. The van der Waals surface area contributed by atoms with Gasteiger partial charge in [-0.05, 0) is 51.3 Å². The molecule has 3 rings (SSSR count). The standard InChI is InChI=1S/C16H23N3S/c1-16(2,3)18-9-12-6-7-19(10-12)13-4-5-14-15(8-13)20-11-17-14/h4-5,8,11-12,18H,6-7,9-10H2,1-3H3. The van der Waals surface area contributed by atoms with Crippen LogP contribution >= 0.6 is 11.3 Å². The predicted octanol–water partition coefficient (Wildman–Crippen LogP) is 3.51. The lowest BCUT2D eigenvalue weighted by Gasteiger charge is -2.24.